The molecule has 2 aromatic heterocycles. The molecule has 0 spiro atoms. The van der Waals surface area contributed by atoms with Gasteiger partial charge in [0.05, 0.1) is 0 Å². The van der Waals surface area contributed by atoms with E-state index in [4.69, 9.17) is 0 Å². The number of hydrogen-bond donors (Lipinski definition) is 0. The van der Waals surface area contributed by atoms with E-state index >= 15 is 0 Å². The van der Waals surface area contributed by atoms with Gasteiger partial charge in [-0.2, -0.15) is 0 Å². The summed E-state index contributed by atoms with van der Waals surface area (Å²) < 4.78 is 3.32. The predicted octanol–water partition coefficient (Wildman–Crippen LogP) is 6.23. The molecule has 4 aromatic rings. The first kappa shape index (κ1) is 24.7. The van der Waals surface area contributed by atoms with Crippen LogP contribution in [-0.4, -0.2) is 9.13 Å². The van der Waals surface area contributed by atoms with Crippen molar-refractivity contribution in [2.75, 3.05) is 0 Å². The van der Waals surface area contributed by atoms with E-state index in [0.717, 1.165) is 28.1 Å². The molecule has 0 amide bonds. The number of nitrogens with zero attached hydrogens (tertiary/aromatic N) is 2. The SMILES string of the molecule is C=Cc1ccc(-n2cc(C)ccc2=O)cc1.Cc1ccc(=O)n(-c2ccc(C(C)(C)C)cc2)c1. The molecule has 174 valence electrons. The molecule has 2 aromatic carbocycles. The summed E-state index contributed by atoms with van der Waals surface area (Å²) in [6, 6.07) is 22.7. The van der Waals surface area contributed by atoms with Crippen molar-refractivity contribution in [2.45, 2.75) is 40.0 Å². The van der Waals surface area contributed by atoms with Crippen LogP contribution in [0, 0.1) is 13.8 Å². The third-order valence-electron chi connectivity index (χ3n) is 5.54. The smallest absolute Gasteiger partial charge is 0.255 e. The number of aryl methyl sites for hydroxylation is 2. The summed E-state index contributed by atoms with van der Waals surface area (Å²) >= 11 is 0. The van der Waals surface area contributed by atoms with Crippen LogP contribution < -0.4 is 11.1 Å². The van der Waals surface area contributed by atoms with Crippen molar-refractivity contribution >= 4 is 6.08 Å². The van der Waals surface area contributed by atoms with Crippen LogP contribution in [0.5, 0.6) is 0 Å². The maximum absolute atomic E-state index is 11.8. The zero-order valence-electron chi connectivity index (χ0n) is 20.6. The molecule has 4 rings (SSSR count). The molecule has 0 aliphatic heterocycles. The topological polar surface area (TPSA) is 44.0 Å². The van der Waals surface area contributed by atoms with Gasteiger partial charge in [-0.25, -0.2) is 0 Å². The van der Waals surface area contributed by atoms with Gasteiger partial charge in [0.15, 0.2) is 0 Å². The van der Waals surface area contributed by atoms with Gasteiger partial charge in [-0.1, -0.05) is 69.8 Å². The van der Waals surface area contributed by atoms with E-state index in [2.05, 4.69) is 39.5 Å². The minimum Gasteiger partial charge on any atom is -0.284 e. The lowest BCUT2D eigenvalue weighted by Crippen LogP contribution is -2.17. The molecule has 34 heavy (non-hydrogen) atoms. The van der Waals surface area contributed by atoms with Crippen LogP contribution in [0.25, 0.3) is 17.5 Å². The van der Waals surface area contributed by atoms with Gasteiger partial charge in [0.25, 0.3) is 11.1 Å². The van der Waals surface area contributed by atoms with Crippen molar-refractivity contribution < 1.29 is 0 Å². The van der Waals surface area contributed by atoms with E-state index < -0.39 is 0 Å². The van der Waals surface area contributed by atoms with Gasteiger partial charge < -0.3 is 0 Å². The van der Waals surface area contributed by atoms with Crippen LogP contribution in [0.3, 0.4) is 0 Å². The molecule has 0 saturated heterocycles. The molecule has 0 saturated carbocycles. The Kier molecular flexibility index (Phi) is 7.52. The van der Waals surface area contributed by atoms with E-state index in [1.165, 1.54) is 5.56 Å². The number of hydrogen-bond acceptors (Lipinski definition) is 2. The quantitative estimate of drug-likeness (QED) is 0.370. The summed E-state index contributed by atoms with van der Waals surface area (Å²) in [4.78, 5) is 23.5. The summed E-state index contributed by atoms with van der Waals surface area (Å²) in [6.07, 6.45) is 5.49. The van der Waals surface area contributed by atoms with Gasteiger partial charge in [0.2, 0.25) is 0 Å². The van der Waals surface area contributed by atoms with Crippen LogP contribution >= 0.6 is 0 Å². The van der Waals surface area contributed by atoms with Crippen LogP contribution in [0.1, 0.15) is 43.0 Å². The maximum Gasteiger partial charge on any atom is 0.255 e. The fourth-order valence-corrected chi connectivity index (χ4v) is 3.48. The van der Waals surface area contributed by atoms with Crippen molar-refractivity contribution in [2.24, 2.45) is 0 Å². The number of benzene rings is 2. The number of rotatable bonds is 3. The van der Waals surface area contributed by atoms with Crippen molar-refractivity contribution in [1.29, 1.82) is 0 Å². The fraction of sp³-hybridized carbons (Fsp3) is 0.200. The largest absolute Gasteiger partial charge is 0.284 e. The highest BCUT2D eigenvalue weighted by Gasteiger charge is 2.13. The number of aromatic nitrogens is 2. The van der Waals surface area contributed by atoms with Crippen LogP contribution in [0.15, 0.2) is 101 Å². The van der Waals surface area contributed by atoms with Crippen LogP contribution in [0.4, 0.5) is 0 Å². The zero-order valence-corrected chi connectivity index (χ0v) is 20.6. The molecule has 0 unspecified atom stereocenters. The Bertz CT molecular complexity index is 1380. The van der Waals surface area contributed by atoms with Crippen molar-refractivity contribution in [3.8, 4) is 11.4 Å². The third-order valence-corrected chi connectivity index (χ3v) is 5.54. The molecule has 0 N–H and O–H groups in total. The molecule has 4 heteroatoms. The highest BCUT2D eigenvalue weighted by molar-refractivity contribution is 5.50. The van der Waals surface area contributed by atoms with E-state index in [1.807, 2.05) is 74.8 Å². The van der Waals surface area contributed by atoms with Gasteiger partial charge in [-0.3, -0.25) is 18.7 Å². The zero-order chi connectivity index (χ0) is 24.9. The summed E-state index contributed by atoms with van der Waals surface area (Å²) in [5.41, 5.74) is 6.37. The Hall–Kier alpha value is -3.92. The average molecular weight is 453 g/mol. The standard InChI is InChI=1S/C16H19NO.C14H13NO/c1-12-5-10-15(18)17(11-12)14-8-6-13(7-9-14)16(2,3)4;1-3-12-5-7-13(8-6-12)15-10-11(2)4-9-14(15)16/h5-11H,1-4H3;3-10H,1H2,2H3. The first-order valence-corrected chi connectivity index (χ1v) is 11.3. The van der Waals surface area contributed by atoms with Crippen molar-refractivity contribution in [1.82, 2.24) is 9.13 Å². The lowest BCUT2D eigenvalue weighted by atomic mass is 9.87. The lowest BCUT2D eigenvalue weighted by molar-refractivity contribution is 0.590. The van der Waals surface area contributed by atoms with Crippen LogP contribution in [0.2, 0.25) is 0 Å². The minimum absolute atomic E-state index is 0.00380. The second-order valence-electron chi connectivity index (χ2n) is 9.42. The summed E-state index contributed by atoms with van der Waals surface area (Å²) in [6.45, 7) is 14.2. The first-order valence-electron chi connectivity index (χ1n) is 11.3. The van der Waals surface area contributed by atoms with E-state index in [0.29, 0.717) is 0 Å². The molecule has 4 nitrogen and oxygen atoms in total. The average Bonchev–Trinajstić information content (AvgIpc) is 2.82. The first-order chi connectivity index (χ1) is 16.1. The Morgan fingerprint density at radius 1 is 0.647 bits per heavy atom. The molecule has 2 heterocycles. The van der Waals surface area contributed by atoms with Crippen molar-refractivity contribution in [3.05, 3.63) is 135 Å². The van der Waals surface area contributed by atoms with Gasteiger partial charge >= 0.3 is 0 Å². The molecular weight excluding hydrogens is 420 g/mol. The fourth-order valence-electron chi connectivity index (χ4n) is 3.48. The molecule has 0 fully saturated rings. The Labute approximate surface area is 201 Å². The highest BCUT2D eigenvalue weighted by Crippen LogP contribution is 2.22. The molecular formula is C30H32N2O2. The summed E-state index contributed by atoms with van der Waals surface area (Å²) in [5, 5.41) is 0. The molecule has 0 radical (unpaired) electrons. The Morgan fingerprint density at radius 3 is 1.44 bits per heavy atom. The summed E-state index contributed by atoms with van der Waals surface area (Å²) in [7, 11) is 0. The predicted molar refractivity (Wildman–Crippen MR) is 142 cm³/mol. The molecule has 0 aliphatic rings. The summed E-state index contributed by atoms with van der Waals surface area (Å²) in [5.74, 6) is 0. The Morgan fingerprint density at radius 2 is 1.06 bits per heavy atom. The van der Waals surface area contributed by atoms with Gasteiger partial charge in [0.1, 0.15) is 0 Å². The molecule has 0 atom stereocenters. The Balaban J connectivity index is 0.000000192. The minimum atomic E-state index is -0.0167. The second kappa shape index (κ2) is 10.3. The van der Waals surface area contributed by atoms with Gasteiger partial charge in [-0.05, 0) is 65.8 Å². The monoisotopic (exact) mass is 452 g/mol. The maximum atomic E-state index is 11.8. The van der Waals surface area contributed by atoms with E-state index in [-0.39, 0.29) is 16.5 Å². The lowest BCUT2D eigenvalue weighted by Gasteiger charge is -2.19. The molecule has 0 bridgehead atoms. The van der Waals surface area contributed by atoms with Crippen molar-refractivity contribution in [3.63, 3.8) is 0 Å². The normalized spacial score (nSPS) is 10.9. The number of pyridine rings is 2. The van der Waals surface area contributed by atoms with E-state index in [9.17, 15) is 9.59 Å². The van der Waals surface area contributed by atoms with Gasteiger partial charge in [0, 0.05) is 35.9 Å². The highest BCUT2D eigenvalue weighted by atomic mass is 16.1. The third kappa shape index (κ3) is 6.10. The molecule has 0 aliphatic carbocycles. The van der Waals surface area contributed by atoms with Gasteiger partial charge in [-0.15, -0.1) is 0 Å². The van der Waals surface area contributed by atoms with E-state index in [1.54, 1.807) is 27.3 Å². The second-order valence-corrected chi connectivity index (χ2v) is 9.42. The van der Waals surface area contributed by atoms with Crippen LogP contribution in [-0.2, 0) is 5.41 Å².